The smallest absolute Gasteiger partial charge is 0.267 e. The molecule has 0 aliphatic rings. The lowest BCUT2D eigenvalue weighted by Gasteiger charge is -2.15. The summed E-state index contributed by atoms with van der Waals surface area (Å²) in [5.41, 5.74) is 3.33. The number of carbonyl (C=O) groups excluding carboxylic acids is 1. The summed E-state index contributed by atoms with van der Waals surface area (Å²) < 4.78 is 3.50. The van der Waals surface area contributed by atoms with Gasteiger partial charge in [0.25, 0.3) is 5.56 Å². The number of hydrogen-bond acceptors (Lipinski definition) is 6. The third kappa shape index (κ3) is 4.12. The number of thioether (sulfide) groups is 1. The molecule has 0 aliphatic heterocycles. The van der Waals surface area contributed by atoms with Gasteiger partial charge < -0.3 is 5.32 Å². The topological polar surface area (TPSA) is 81.3 Å². The summed E-state index contributed by atoms with van der Waals surface area (Å²) in [5, 5.41) is 14.9. The van der Waals surface area contributed by atoms with Crippen molar-refractivity contribution in [3.8, 4) is 5.69 Å². The molecule has 0 spiro atoms. The molecule has 9 heteroatoms. The molecular weight excluding hydrogens is 466 g/mol. The summed E-state index contributed by atoms with van der Waals surface area (Å²) in [6.07, 6.45) is 0.814. The fourth-order valence-electron chi connectivity index (χ4n) is 4.09. The van der Waals surface area contributed by atoms with E-state index in [-0.39, 0.29) is 17.2 Å². The first-order chi connectivity index (χ1) is 16.5. The average molecular weight is 490 g/mol. The lowest BCUT2D eigenvalue weighted by Crippen LogP contribution is -2.27. The Morgan fingerprint density at radius 2 is 1.82 bits per heavy atom. The number of aryl methyl sites for hydroxylation is 2. The molecule has 0 bridgehead atoms. The third-order valence-corrected chi connectivity index (χ3v) is 7.53. The van der Waals surface area contributed by atoms with E-state index in [1.807, 2.05) is 72.2 Å². The van der Waals surface area contributed by atoms with Crippen molar-refractivity contribution in [2.45, 2.75) is 25.4 Å². The first-order valence-corrected chi connectivity index (χ1v) is 12.8. The molecule has 0 aliphatic carbocycles. The lowest BCUT2D eigenvalue weighted by molar-refractivity contribution is -0.118. The Morgan fingerprint density at radius 1 is 1.03 bits per heavy atom. The highest BCUT2D eigenvalue weighted by Gasteiger charge is 2.20. The number of rotatable bonds is 7. The quantitative estimate of drug-likeness (QED) is 0.347. The zero-order valence-electron chi connectivity index (χ0n) is 18.8. The number of nitrogens with one attached hydrogen (secondary N) is 1. The van der Waals surface area contributed by atoms with E-state index in [4.69, 9.17) is 0 Å². The van der Waals surface area contributed by atoms with Crippen molar-refractivity contribution in [3.63, 3.8) is 0 Å². The van der Waals surface area contributed by atoms with E-state index < -0.39 is 0 Å². The van der Waals surface area contributed by atoms with Gasteiger partial charge in [-0.2, -0.15) is 0 Å². The number of aromatic nitrogens is 4. The fourth-order valence-corrected chi connectivity index (χ4v) is 5.57. The second-order valence-electron chi connectivity index (χ2n) is 7.98. The molecule has 7 nitrogen and oxygen atoms in total. The van der Waals surface area contributed by atoms with Crippen LogP contribution in [0.15, 0.2) is 69.9 Å². The number of thiophene rings is 1. The number of para-hydroxylation sites is 2. The zero-order valence-corrected chi connectivity index (χ0v) is 20.4. The molecule has 172 valence electrons. The summed E-state index contributed by atoms with van der Waals surface area (Å²) in [6, 6.07) is 17.4. The Kier molecular flexibility index (Phi) is 6.21. The number of benzene rings is 2. The molecule has 34 heavy (non-hydrogen) atoms. The largest absolute Gasteiger partial charge is 0.355 e. The highest BCUT2D eigenvalue weighted by atomic mass is 32.2. The summed E-state index contributed by atoms with van der Waals surface area (Å²) in [6.45, 7) is 4.55. The molecule has 3 aromatic heterocycles. The maximum Gasteiger partial charge on any atom is 0.267 e. The molecule has 2 aromatic carbocycles. The standard InChI is InChI=1S/C25H23N5O2S2/c1-16-7-5-8-17(2)22(16)30-23(32)19-10-3-4-11-20(19)29-24(30)27-28-25(29)34-15-21(31)26-13-12-18-9-6-14-33-18/h3-11,14H,12-13,15H2,1-2H3,(H,26,31). The highest BCUT2D eigenvalue weighted by Crippen LogP contribution is 2.25. The third-order valence-electron chi connectivity index (χ3n) is 5.66. The van der Waals surface area contributed by atoms with Gasteiger partial charge in [0, 0.05) is 11.4 Å². The summed E-state index contributed by atoms with van der Waals surface area (Å²) in [4.78, 5) is 27.3. The van der Waals surface area contributed by atoms with E-state index in [0.29, 0.717) is 22.9 Å². The minimum atomic E-state index is -0.143. The van der Waals surface area contributed by atoms with Crippen LogP contribution in [0.4, 0.5) is 0 Å². The van der Waals surface area contributed by atoms with Crippen molar-refractivity contribution in [1.82, 2.24) is 24.5 Å². The molecule has 0 unspecified atom stereocenters. The van der Waals surface area contributed by atoms with Crippen molar-refractivity contribution in [1.29, 1.82) is 0 Å². The Morgan fingerprint density at radius 3 is 2.59 bits per heavy atom. The van der Waals surface area contributed by atoms with Crippen molar-refractivity contribution in [2.24, 2.45) is 0 Å². The van der Waals surface area contributed by atoms with E-state index in [2.05, 4.69) is 21.6 Å². The first kappa shape index (κ1) is 22.4. The van der Waals surface area contributed by atoms with E-state index in [9.17, 15) is 9.59 Å². The number of nitrogens with zero attached hydrogens (tertiary/aromatic N) is 4. The first-order valence-electron chi connectivity index (χ1n) is 10.9. The molecule has 5 rings (SSSR count). The molecule has 0 saturated heterocycles. The van der Waals surface area contributed by atoms with Crippen molar-refractivity contribution >= 4 is 45.7 Å². The SMILES string of the molecule is Cc1cccc(C)c1-n1c(=O)c2ccccc2n2c(SCC(=O)NCCc3cccs3)nnc12. The number of hydrogen-bond donors (Lipinski definition) is 1. The summed E-state index contributed by atoms with van der Waals surface area (Å²) >= 11 is 3.00. The summed E-state index contributed by atoms with van der Waals surface area (Å²) in [5.74, 6) is 0.578. The molecular formula is C25H23N5O2S2. The van der Waals surface area contributed by atoms with Gasteiger partial charge >= 0.3 is 0 Å². The van der Waals surface area contributed by atoms with E-state index in [1.54, 1.807) is 15.9 Å². The number of fused-ring (bicyclic) bond motifs is 3. The van der Waals surface area contributed by atoms with Gasteiger partial charge in [-0.15, -0.1) is 21.5 Å². The van der Waals surface area contributed by atoms with Gasteiger partial charge in [0.1, 0.15) is 0 Å². The van der Waals surface area contributed by atoms with Crippen molar-refractivity contribution in [2.75, 3.05) is 12.3 Å². The van der Waals surface area contributed by atoms with Gasteiger partial charge in [0.05, 0.1) is 22.3 Å². The van der Waals surface area contributed by atoms with Gasteiger partial charge in [-0.3, -0.25) is 14.0 Å². The maximum absolute atomic E-state index is 13.6. The van der Waals surface area contributed by atoms with Gasteiger partial charge in [-0.25, -0.2) is 4.57 Å². The van der Waals surface area contributed by atoms with Crippen LogP contribution in [0.1, 0.15) is 16.0 Å². The van der Waals surface area contributed by atoms with Crippen LogP contribution in [0.25, 0.3) is 22.4 Å². The van der Waals surface area contributed by atoms with E-state index in [0.717, 1.165) is 28.8 Å². The molecule has 0 atom stereocenters. The predicted molar refractivity (Wildman–Crippen MR) is 137 cm³/mol. The Hall–Kier alpha value is -3.43. The van der Waals surface area contributed by atoms with Crippen LogP contribution in [-0.4, -0.2) is 37.4 Å². The van der Waals surface area contributed by atoms with Gasteiger partial charge in [0.2, 0.25) is 11.7 Å². The molecule has 1 amide bonds. The normalized spacial score (nSPS) is 11.4. The molecule has 5 aromatic rings. The predicted octanol–water partition coefficient (Wildman–Crippen LogP) is 4.16. The van der Waals surface area contributed by atoms with Gasteiger partial charge in [-0.05, 0) is 55.0 Å². The highest BCUT2D eigenvalue weighted by molar-refractivity contribution is 7.99. The van der Waals surface area contributed by atoms with Gasteiger partial charge in [0.15, 0.2) is 5.16 Å². The lowest BCUT2D eigenvalue weighted by atomic mass is 10.1. The Balaban J connectivity index is 1.50. The second kappa shape index (κ2) is 9.44. The Labute approximate surface area is 204 Å². The van der Waals surface area contributed by atoms with Crippen molar-refractivity contribution < 1.29 is 4.79 Å². The van der Waals surface area contributed by atoms with Crippen LogP contribution in [0, 0.1) is 13.8 Å². The Bertz CT molecular complexity index is 1530. The molecule has 0 saturated carbocycles. The van der Waals surface area contributed by atoms with Crippen LogP contribution < -0.4 is 10.9 Å². The zero-order chi connectivity index (χ0) is 23.7. The number of carbonyl (C=O) groups is 1. The van der Waals surface area contributed by atoms with Gasteiger partial charge in [-0.1, -0.05) is 48.2 Å². The van der Waals surface area contributed by atoms with Crippen LogP contribution in [0.2, 0.25) is 0 Å². The van der Waals surface area contributed by atoms with Crippen LogP contribution >= 0.6 is 23.1 Å². The van der Waals surface area contributed by atoms with E-state index in [1.165, 1.54) is 16.6 Å². The fraction of sp³-hybridized carbons (Fsp3) is 0.200. The molecule has 0 fully saturated rings. The van der Waals surface area contributed by atoms with Crippen LogP contribution in [-0.2, 0) is 11.2 Å². The molecule has 1 N–H and O–H groups in total. The summed E-state index contributed by atoms with van der Waals surface area (Å²) in [7, 11) is 0. The minimum absolute atomic E-state index is 0.0642. The van der Waals surface area contributed by atoms with Crippen LogP contribution in [0.5, 0.6) is 0 Å². The van der Waals surface area contributed by atoms with E-state index >= 15 is 0 Å². The average Bonchev–Trinajstić information content (AvgIpc) is 3.50. The molecule has 0 radical (unpaired) electrons. The number of amides is 1. The van der Waals surface area contributed by atoms with Crippen molar-refractivity contribution in [3.05, 3.63) is 86.3 Å². The second-order valence-corrected chi connectivity index (χ2v) is 9.96. The monoisotopic (exact) mass is 489 g/mol. The minimum Gasteiger partial charge on any atom is -0.355 e. The maximum atomic E-state index is 13.6. The van der Waals surface area contributed by atoms with Crippen LogP contribution in [0.3, 0.4) is 0 Å². The molecule has 3 heterocycles.